The molecular weight excluding hydrogens is 379 g/mol. The first kappa shape index (κ1) is 20.7. The number of nitrogens with zero attached hydrogens (tertiary/aromatic N) is 1. The van der Waals surface area contributed by atoms with E-state index in [1.54, 1.807) is 6.07 Å². The first-order valence-corrected chi connectivity index (χ1v) is 11.0. The van der Waals surface area contributed by atoms with Crippen molar-refractivity contribution in [3.05, 3.63) is 53.3 Å². The highest BCUT2D eigenvalue weighted by Gasteiger charge is 2.30. The zero-order chi connectivity index (χ0) is 21.1. The highest BCUT2D eigenvalue weighted by molar-refractivity contribution is 5.98. The highest BCUT2D eigenvalue weighted by atomic mass is 19.1. The van der Waals surface area contributed by atoms with Crippen LogP contribution >= 0.6 is 0 Å². The summed E-state index contributed by atoms with van der Waals surface area (Å²) in [7, 11) is 0. The van der Waals surface area contributed by atoms with Gasteiger partial charge < -0.3 is 21.3 Å². The number of nitrogens with two attached hydrogens (primary N) is 1. The molecule has 4 rings (SSSR count). The molecule has 5 nitrogen and oxygen atoms in total. The largest absolute Gasteiger partial charge is 0.373 e. The Morgan fingerprint density at radius 2 is 2.07 bits per heavy atom. The van der Waals surface area contributed by atoms with Crippen molar-refractivity contribution in [3.63, 3.8) is 0 Å². The van der Waals surface area contributed by atoms with Crippen molar-refractivity contribution in [2.45, 2.75) is 45.1 Å². The van der Waals surface area contributed by atoms with Gasteiger partial charge in [-0.05, 0) is 74.9 Å². The van der Waals surface area contributed by atoms with E-state index in [2.05, 4.69) is 21.6 Å². The number of nitrogens with one attached hydrogen (secondary N) is 2. The second kappa shape index (κ2) is 9.04. The number of amides is 1. The van der Waals surface area contributed by atoms with Crippen LogP contribution in [0.2, 0.25) is 0 Å². The molecule has 0 radical (unpaired) electrons. The number of halogens is 1. The molecule has 4 N–H and O–H groups in total. The summed E-state index contributed by atoms with van der Waals surface area (Å²) >= 11 is 0. The van der Waals surface area contributed by atoms with Gasteiger partial charge in [0.25, 0.3) is 0 Å². The van der Waals surface area contributed by atoms with Gasteiger partial charge >= 0.3 is 0 Å². The normalized spacial score (nSPS) is 18.8. The Bertz CT molecular complexity index is 877. The highest BCUT2D eigenvalue weighted by Crippen LogP contribution is 2.32. The Hall–Kier alpha value is -2.60. The van der Waals surface area contributed by atoms with E-state index in [4.69, 9.17) is 5.73 Å². The van der Waals surface area contributed by atoms with Crippen molar-refractivity contribution in [2.24, 2.45) is 11.7 Å². The van der Waals surface area contributed by atoms with Crippen LogP contribution in [0.1, 0.15) is 36.8 Å². The van der Waals surface area contributed by atoms with Crippen LogP contribution in [-0.2, 0) is 11.2 Å². The topological polar surface area (TPSA) is 70.4 Å². The second-order valence-corrected chi connectivity index (χ2v) is 8.52. The van der Waals surface area contributed by atoms with E-state index in [1.165, 1.54) is 25.3 Å². The van der Waals surface area contributed by atoms with Gasteiger partial charge in [0.2, 0.25) is 5.91 Å². The van der Waals surface area contributed by atoms with E-state index >= 15 is 0 Å². The van der Waals surface area contributed by atoms with Gasteiger partial charge in [0.05, 0.1) is 0 Å². The van der Waals surface area contributed by atoms with E-state index in [0.29, 0.717) is 12.0 Å². The number of carbonyl (C=O) groups excluding carboxylic acids is 1. The Morgan fingerprint density at radius 1 is 1.27 bits per heavy atom. The van der Waals surface area contributed by atoms with Crippen molar-refractivity contribution in [1.29, 1.82) is 0 Å². The summed E-state index contributed by atoms with van der Waals surface area (Å²) in [4.78, 5) is 15.2. The smallest absolute Gasteiger partial charge is 0.247 e. The van der Waals surface area contributed by atoms with Gasteiger partial charge in [-0.2, -0.15) is 0 Å². The Kier molecular flexibility index (Phi) is 6.23. The van der Waals surface area contributed by atoms with Gasteiger partial charge in [-0.15, -0.1) is 0 Å². The molecule has 0 spiro atoms. The van der Waals surface area contributed by atoms with Gasteiger partial charge in [-0.1, -0.05) is 12.1 Å². The fraction of sp³-hybridized carbons (Fsp3) is 0.458. The minimum Gasteiger partial charge on any atom is -0.373 e. The molecule has 1 amide bonds. The molecule has 0 saturated carbocycles. The summed E-state index contributed by atoms with van der Waals surface area (Å²) in [5.41, 5.74) is 9.85. The number of hydrogen-bond donors (Lipinski definition) is 3. The summed E-state index contributed by atoms with van der Waals surface area (Å²) in [5.74, 6) is 0.379. The van der Waals surface area contributed by atoms with E-state index in [9.17, 15) is 9.18 Å². The predicted octanol–water partition coefficient (Wildman–Crippen LogP) is 4.06. The Balaban J connectivity index is 1.37. The maximum atomic E-state index is 14.1. The molecule has 6 heteroatoms. The molecule has 0 aromatic heterocycles. The number of benzene rings is 2. The van der Waals surface area contributed by atoms with Gasteiger partial charge in [0.15, 0.2) is 0 Å². The summed E-state index contributed by atoms with van der Waals surface area (Å²) in [5, 5.41) is 6.20. The van der Waals surface area contributed by atoms with Crippen molar-refractivity contribution < 1.29 is 9.18 Å². The van der Waals surface area contributed by atoms with Crippen LogP contribution in [0, 0.1) is 18.7 Å². The standard InChI is InChI=1S/C24H31FN4O/c1-16-7-8-21(25)20-15-22(28-23(16)20)24(30)27-18-5-2-6-19(14-18)29-12-9-17(10-13-29)4-3-11-26/h2,5-8,14,17,22,28H,3-4,9-13,15,26H2,1H3,(H,27,30). The van der Waals surface area contributed by atoms with Crippen LogP contribution in [0.5, 0.6) is 0 Å². The second-order valence-electron chi connectivity index (χ2n) is 8.52. The third-order valence-corrected chi connectivity index (χ3v) is 6.42. The van der Waals surface area contributed by atoms with Crippen LogP contribution in [-0.4, -0.2) is 31.6 Å². The number of carbonyl (C=O) groups is 1. The average molecular weight is 411 g/mol. The fourth-order valence-electron chi connectivity index (χ4n) is 4.62. The lowest BCUT2D eigenvalue weighted by molar-refractivity contribution is -0.116. The number of piperidine rings is 1. The van der Waals surface area contributed by atoms with Crippen molar-refractivity contribution in [1.82, 2.24) is 0 Å². The van der Waals surface area contributed by atoms with Gasteiger partial charge in [-0.3, -0.25) is 4.79 Å². The van der Waals surface area contributed by atoms with Gasteiger partial charge in [0, 0.05) is 42.1 Å². The zero-order valence-electron chi connectivity index (χ0n) is 17.6. The molecular formula is C24H31FN4O. The monoisotopic (exact) mass is 410 g/mol. The first-order chi connectivity index (χ1) is 14.5. The molecule has 0 aliphatic carbocycles. The molecule has 30 heavy (non-hydrogen) atoms. The maximum Gasteiger partial charge on any atom is 0.247 e. The van der Waals surface area contributed by atoms with Crippen molar-refractivity contribution >= 4 is 23.0 Å². The van der Waals surface area contributed by atoms with Crippen LogP contribution in [0.4, 0.5) is 21.5 Å². The Labute approximate surface area is 177 Å². The SMILES string of the molecule is Cc1ccc(F)c2c1NC(C(=O)Nc1cccc(N3CCC(CCCN)CC3)c1)C2. The molecule has 160 valence electrons. The molecule has 2 aliphatic heterocycles. The molecule has 2 aliphatic rings. The van der Waals surface area contributed by atoms with E-state index in [0.717, 1.165) is 54.6 Å². The molecule has 1 saturated heterocycles. The van der Waals surface area contributed by atoms with Crippen LogP contribution in [0.25, 0.3) is 0 Å². The fourth-order valence-corrected chi connectivity index (χ4v) is 4.62. The molecule has 2 aromatic carbocycles. The van der Waals surface area contributed by atoms with Crippen LogP contribution < -0.4 is 21.3 Å². The minimum atomic E-state index is -0.461. The van der Waals surface area contributed by atoms with Crippen molar-refractivity contribution in [3.8, 4) is 0 Å². The van der Waals surface area contributed by atoms with Crippen LogP contribution in [0.3, 0.4) is 0 Å². The lowest BCUT2D eigenvalue weighted by Gasteiger charge is -2.34. The van der Waals surface area contributed by atoms with E-state index in [1.807, 2.05) is 25.1 Å². The number of anilines is 3. The maximum absolute atomic E-state index is 14.1. The summed E-state index contributed by atoms with van der Waals surface area (Å²) in [6.45, 7) is 4.76. The quantitative estimate of drug-likeness (QED) is 0.672. The predicted molar refractivity (Wildman–Crippen MR) is 121 cm³/mol. The lowest BCUT2D eigenvalue weighted by atomic mass is 9.92. The number of hydrogen-bond acceptors (Lipinski definition) is 4. The molecule has 1 fully saturated rings. The molecule has 2 aromatic rings. The lowest BCUT2D eigenvalue weighted by Crippen LogP contribution is -2.34. The summed E-state index contributed by atoms with van der Waals surface area (Å²) in [6, 6.07) is 10.8. The van der Waals surface area contributed by atoms with Crippen LogP contribution in [0.15, 0.2) is 36.4 Å². The number of aryl methyl sites for hydroxylation is 1. The van der Waals surface area contributed by atoms with E-state index in [-0.39, 0.29) is 11.7 Å². The van der Waals surface area contributed by atoms with E-state index < -0.39 is 6.04 Å². The van der Waals surface area contributed by atoms with Gasteiger partial charge in [0.1, 0.15) is 11.9 Å². The molecule has 2 heterocycles. The molecule has 1 atom stereocenters. The minimum absolute atomic E-state index is 0.136. The first-order valence-electron chi connectivity index (χ1n) is 11.0. The average Bonchev–Trinajstić information content (AvgIpc) is 3.23. The molecule has 0 bridgehead atoms. The number of fused-ring (bicyclic) bond motifs is 1. The summed E-state index contributed by atoms with van der Waals surface area (Å²) < 4.78 is 14.1. The van der Waals surface area contributed by atoms with Gasteiger partial charge in [-0.25, -0.2) is 4.39 Å². The zero-order valence-corrected chi connectivity index (χ0v) is 17.6. The van der Waals surface area contributed by atoms with Crippen molar-refractivity contribution in [2.75, 3.05) is 35.2 Å². The third-order valence-electron chi connectivity index (χ3n) is 6.42. The molecule has 1 unspecified atom stereocenters. The Morgan fingerprint density at radius 3 is 2.80 bits per heavy atom. The third kappa shape index (κ3) is 4.43. The number of rotatable bonds is 6. The summed E-state index contributed by atoms with van der Waals surface area (Å²) in [6.07, 6.45) is 5.06.